The Hall–Kier alpha value is -1.58. The number of fused-ring (bicyclic) bond motifs is 1. The van der Waals surface area contributed by atoms with E-state index in [1.807, 2.05) is 6.92 Å². The highest BCUT2D eigenvalue weighted by Gasteiger charge is 2.08. The van der Waals surface area contributed by atoms with Gasteiger partial charge in [-0.2, -0.15) is 0 Å². The van der Waals surface area contributed by atoms with Crippen molar-refractivity contribution in [2.45, 2.75) is 33.1 Å². The molecular formula is C11H15N3O. The molecule has 0 aliphatic carbocycles. The molecule has 0 spiro atoms. The summed E-state index contributed by atoms with van der Waals surface area (Å²) in [5.41, 5.74) is 1.88. The number of H-pyrrole nitrogens is 1. The number of hydrogen-bond donors (Lipinski definition) is 1. The maximum absolute atomic E-state index is 12.0. The first-order chi connectivity index (χ1) is 7.24. The van der Waals surface area contributed by atoms with Gasteiger partial charge in [0.25, 0.3) is 5.56 Å². The molecule has 0 radical (unpaired) electrons. The van der Waals surface area contributed by atoms with E-state index in [2.05, 4.69) is 16.9 Å². The summed E-state index contributed by atoms with van der Waals surface area (Å²) in [6, 6.07) is 0. The standard InChI is InChI=1S/C11H15N3O/c1-3-4-5-9-8(2)13-11-12-6-7-14(11)10(9)15/h6-7H,3-5H2,1-2H3,(H,12,13). The molecule has 80 valence electrons. The van der Waals surface area contributed by atoms with Gasteiger partial charge in [0, 0.05) is 23.7 Å². The summed E-state index contributed by atoms with van der Waals surface area (Å²) in [5, 5.41) is 0. The minimum atomic E-state index is 0.0622. The predicted molar refractivity (Wildman–Crippen MR) is 59.2 cm³/mol. The molecule has 0 saturated heterocycles. The fraction of sp³-hybridized carbons (Fsp3) is 0.455. The van der Waals surface area contributed by atoms with E-state index in [-0.39, 0.29) is 5.56 Å². The van der Waals surface area contributed by atoms with Crippen LogP contribution in [0.25, 0.3) is 5.78 Å². The van der Waals surface area contributed by atoms with Gasteiger partial charge in [-0.25, -0.2) is 4.98 Å². The average Bonchev–Trinajstić information content (AvgIpc) is 2.65. The van der Waals surface area contributed by atoms with Crippen LogP contribution in [0.2, 0.25) is 0 Å². The number of rotatable bonds is 3. The van der Waals surface area contributed by atoms with Crippen molar-refractivity contribution in [3.05, 3.63) is 34.0 Å². The van der Waals surface area contributed by atoms with Gasteiger partial charge in [0.1, 0.15) is 0 Å². The monoisotopic (exact) mass is 205 g/mol. The number of aromatic amines is 1. The van der Waals surface area contributed by atoms with Gasteiger partial charge in [-0.05, 0) is 19.8 Å². The fourth-order valence-corrected chi connectivity index (χ4v) is 1.76. The van der Waals surface area contributed by atoms with Crippen LogP contribution in [0.4, 0.5) is 0 Å². The van der Waals surface area contributed by atoms with Crippen molar-refractivity contribution >= 4 is 5.78 Å². The Morgan fingerprint density at radius 3 is 3.07 bits per heavy atom. The van der Waals surface area contributed by atoms with E-state index in [1.54, 1.807) is 16.8 Å². The second-order valence-corrected chi connectivity index (χ2v) is 3.76. The second-order valence-electron chi connectivity index (χ2n) is 3.76. The van der Waals surface area contributed by atoms with E-state index in [4.69, 9.17) is 0 Å². The van der Waals surface area contributed by atoms with Crippen molar-refractivity contribution in [1.82, 2.24) is 14.4 Å². The fourth-order valence-electron chi connectivity index (χ4n) is 1.76. The van der Waals surface area contributed by atoms with Gasteiger partial charge in [-0.15, -0.1) is 0 Å². The molecule has 4 nitrogen and oxygen atoms in total. The lowest BCUT2D eigenvalue weighted by atomic mass is 10.1. The Kier molecular flexibility index (Phi) is 2.58. The Morgan fingerprint density at radius 2 is 2.33 bits per heavy atom. The first-order valence-electron chi connectivity index (χ1n) is 5.29. The van der Waals surface area contributed by atoms with Crippen molar-refractivity contribution in [3.8, 4) is 0 Å². The lowest BCUT2D eigenvalue weighted by Crippen LogP contribution is -2.20. The molecule has 0 bridgehead atoms. The van der Waals surface area contributed by atoms with Gasteiger partial charge in [-0.1, -0.05) is 13.3 Å². The Balaban J connectivity index is 2.57. The topological polar surface area (TPSA) is 50.2 Å². The maximum Gasteiger partial charge on any atom is 0.262 e. The summed E-state index contributed by atoms with van der Waals surface area (Å²) in [4.78, 5) is 19.2. The number of unbranched alkanes of at least 4 members (excludes halogenated alkanes) is 1. The van der Waals surface area contributed by atoms with Crippen LogP contribution in [0.3, 0.4) is 0 Å². The quantitative estimate of drug-likeness (QED) is 0.828. The highest BCUT2D eigenvalue weighted by molar-refractivity contribution is 5.32. The number of aromatic nitrogens is 3. The van der Waals surface area contributed by atoms with Crippen molar-refractivity contribution in [2.75, 3.05) is 0 Å². The van der Waals surface area contributed by atoms with Gasteiger partial charge in [-0.3, -0.25) is 9.20 Å². The molecule has 2 aromatic rings. The minimum absolute atomic E-state index is 0.0622. The number of hydrogen-bond acceptors (Lipinski definition) is 2. The molecule has 2 rings (SSSR count). The Bertz CT molecular complexity index is 524. The zero-order chi connectivity index (χ0) is 10.8. The maximum atomic E-state index is 12.0. The van der Waals surface area contributed by atoms with Gasteiger partial charge in [0.15, 0.2) is 0 Å². The van der Waals surface area contributed by atoms with Crippen LogP contribution in [0.15, 0.2) is 17.2 Å². The van der Waals surface area contributed by atoms with E-state index >= 15 is 0 Å². The summed E-state index contributed by atoms with van der Waals surface area (Å²) in [6.45, 7) is 4.06. The van der Waals surface area contributed by atoms with Gasteiger partial charge in [0.2, 0.25) is 5.78 Å². The number of nitrogens with one attached hydrogen (secondary N) is 1. The smallest absolute Gasteiger partial charge is 0.262 e. The van der Waals surface area contributed by atoms with E-state index in [9.17, 15) is 4.79 Å². The SMILES string of the molecule is CCCCc1c(C)[nH]c2nccn2c1=O. The summed E-state index contributed by atoms with van der Waals surface area (Å²) >= 11 is 0. The highest BCUT2D eigenvalue weighted by atomic mass is 16.1. The number of imidazole rings is 1. The summed E-state index contributed by atoms with van der Waals surface area (Å²) in [6.07, 6.45) is 6.32. The third-order valence-electron chi connectivity index (χ3n) is 2.65. The third kappa shape index (κ3) is 1.67. The first kappa shape index (κ1) is 9.96. The van der Waals surface area contributed by atoms with Crippen LogP contribution in [-0.2, 0) is 6.42 Å². The minimum Gasteiger partial charge on any atom is -0.329 e. The van der Waals surface area contributed by atoms with Crippen LogP contribution >= 0.6 is 0 Å². The zero-order valence-corrected chi connectivity index (χ0v) is 9.08. The van der Waals surface area contributed by atoms with Crippen molar-refractivity contribution in [1.29, 1.82) is 0 Å². The number of aryl methyl sites for hydroxylation is 1. The van der Waals surface area contributed by atoms with E-state index in [1.165, 1.54) is 0 Å². The van der Waals surface area contributed by atoms with Crippen LogP contribution in [0.5, 0.6) is 0 Å². The van der Waals surface area contributed by atoms with Crippen molar-refractivity contribution in [2.24, 2.45) is 0 Å². The molecule has 0 saturated carbocycles. The summed E-state index contributed by atoms with van der Waals surface area (Å²) in [7, 11) is 0. The molecule has 2 aromatic heterocycles. The van der Waals surface area contributed by atoms with Crippen LogP contribution < -0.4 is 5.56 Å². The average molecular weight is 205 g/mol. The van der Waals surface area contributed by atoms with Crippen LogP contribution in [0, 0.1) is 6.92 Å². The summed E-state index contributed by atoms with van der Waals surface area (Å²) in [5.74, 6) is 0.623. The predicted octanol–water partition coefficient (Wildman–Crippen LogP) is 1.67. The van der Waals surface area contributed by atoms with Crippen molar-refractivity contribution < 1.29 is 0 Å². The van der Waals surface area contributed by atoms with Gasteiger partial charge < -0.3 is 4.98 Å². The lowest BCUT2D eigenvalue weighted by Gasteiger charge is -2.05. The lowest BCUT2D eigenvalue weighted by molar-refractivity contribution is 0.771. The molecule has 1 N–H and O–H groups in total. The largest absolute Gasteiger partial charge is 0.329 e. The normalized spacial score (nSPS) is 11.1. The van der Waals surface area contributed by atoms with E-state index in [0.717, 1.165) is 30.5 Å². The highest BCUT2D eigenvalue weighted by Crippen LogP contribution is 2.05. The Morgan fingerprint density at radius 1 is 1.53 bits per heavy atom. The molecule has 0 aliphatic heterocycles. The van der Waals surface area contributed by atoms with E-state index < -0.39 is 0 Å². The van der Waals surface area contributed by atoms with Gasteiger partial charge in [0.05, 0.1) is 0 Å². The molecule has 0 aromatic carbocycles. The van der Waals surface area contributed by atoms with Gasteiger partial charge >= 0.3 is 0 Å². The van der Waals surface area contributed by atoms with E-state index in [0.29, 0.717) is 5.78 Å². The summed E-state index contributed by atoms with van der Waals surface area (Å²) < 4.78 is 1.57. The molecule has 0 unspecified atom stereocenters. The first-order valence-corrected chi connectivity index (χ1v) is 5.29. The van der Waals surface area contributed by atoms with Crippen molar-refractivity contribution in [3.63, 3.8) is 0 Å². The second kappa shape index (κ2) is 3.88. The molecule has 0 amide bonds. The Labute approximate surface area is 88.0 Å². The molecule has 2 heterocycles. The molecule has 0 fully saturated rings. The molecule has 4 heteroatoms. The molecule has 0 aliphatic rings. The molecule has 15 heavy (non-hydrogen) atoms. The zero-order valence-electron chi connectivity index (χ0n) is 9.08. The number of nitrogens with zero attached hydrogens (tertiary/aromatic N) is 2. The molecule has 0 atom stereocenters. The molecular weight excluding hydrogens is 190 g/mol. The van der Waals surface area contributed by atoms with Crippen LogP contribution in [0.1, 0.15) is 31.0 Å². The van der Waals surface area contributed by atoms with Crippen LogP contribution in [-0.4, -0.2) is 14.4 Å². The third-order valence-corrected chi connectivity index (χ3v) is 2.65.